The van der Waals surface area contributed by atoms with Gasteiger partial charge in [0, 0.05) is 37.9 Å². The number of ether oxygens (including phenoxy) is 2. The van der Waals surface area contributed by atoms with E-state index in [1.165, 1.54) is 32.1 Å². The number of nitrogens with two attached hydrogens (primary N) is 1. The van der Waals surface area contributed by atoms with Gasteiger partial charge in [-0.25, -0.2) is 0 Å². The van der Waals surface area contributed by atoms with E-state index in [-0.39, 0.29) is 43.5 Å². The van der Waals surface area contributed by atoms with Crippen LogP contribution in [0.5, 0.6) is 0 Å². The Kier molecular flexibility index (Phi) is 13.5. The zero-order valence-electron chi connectivity index (χ0n) is 30.0. The molecule has 4 aromatic rings. The molecule has 5 N–H and O–H groups in total. The van der Waals surface area contributed by atoms with E-state index in [9.17, 15) is 14.7 Å². The van der Waals surface area contributed by atoms with Crippen LogP contribution in [0.1, 0.15) is 92.4 Å². The fourth-order valence-corrected chi connectivity index (χ4v) is 7.11. The zero-order valence-corrected chi connectivity index (χ0v) is 30.0. The first-order valence-corrected chi connectivity index (χ1v) is 18.8. The Bertz CT molecular complexity index is 1740. The van der Waals surface area contributed by atoms with Crippen molar-refractivity contribution in [2.75, 3.05) is 30.7 Å². The van der Waals surface area contributed by atoms with Crippen LogP contribution < -0.4 is 16.4 Å². The van der Waals surface area contributed by atoms with Crippen LogP contribution in [0, 0.1) is 0 Å². The fourth-order valence-electron chi connectivity index (χ4n) is 7.11. The van der Waals surface area contributed by atoms with E-state index in [1.54, 1.807) is 12.1 Å². The van der Waals surface area contributed by atoms with Crippen molar-refractivity contribution in [3.05, 3.63) is 119 Å². The van der Waals surface area contributed by atoms with E-state index in [0.717, 1.165) is 59.4 Å². The molecule has 2 amide bonds. The largest absolute Gasteiger partial charge is 0.397 e. The normalized spacial score (nSPS) is 19.7. The molecule has 2 aliphatic heterocycles. The summed E-state index contributed by atoms with van der Waals surface area (Å²) in [5.74, 6) is -0.270. The van der Waals surface area contributed by atoms with Gasteiger partial charge < -0.3 is 35.8 Å². The van der Waals surface area contributed by atoms with E-state index < -0.39 is 6.29 Å². The Labute approximate surface area is 307 Å². The molecule has 0 saturated carbocycles. The van der Waals surface area contributed by atoms with Crippen LogP contribution in [0.2, 0.25) is 0 Å². The van der Waals surface area contributed by atoms with E-state index in [0.29, 0.717) is 24.3 Å². The molecule has 9 heteroatoms. The van der Waals surface area contributed by atoms with Gasteiger partial charge in [0.25, 0.3) is 0 Å². The standard InChI is InChI=1S/C43H52N4O5/c44-38-13-6-7-14-39(38)46-42(50)16-10-15-41(49)45-28-35-11-4-5-12-37(35)32-21-23-34(24-22-32)43-51-36(29-47-25-8-2-1-3-9-26-47)27-40(52-43)33-19-17-31(30-48)18-20-33/h4-7,11-14,17-24,36,40,43,48H,1-3,8-10,15-16,25-30,44H2,(H,45,49)(H,46,50)/t36-,40+,43+/m1/s1. The van der Waals surface area contributed by atoms with Gasteiger partial charge in [-0.2, -0.15) is 0 Å². The number of nitrogens with zero attached hydrogens (tertiary/aromatic N) is 1. The number of carbonyl (C=O) groups excluding carboxylic acids is 2. The number of aliphatic hydroxyl groups excluding tert-OH is 1. The van der Waals surface area contributed by atoms with Crippen LogP contribution >= 0.6 is 0 Å². The highest BCUT2D eigenvalue weighted by atomic mass is 16.7. The van der Waals surface area contributed by atoms with Crippen molar-refractivity contribution >= 4 is 23.2 Å². The number of likely N-dealkylation sites (tertiary alicyclic amines) is 1. The van der Waals surface area contributed by atoms with Gasteiger partial charge >= 0.3 is 0 Å². The average molecular weight is 705 g/mol. The Morgan fingerprint density at radius 2 is 1.44 bits per heavy atom. The number of aliphatic hydroxyl groups is 1. The third kappa shape index (κ3) is 10.5. The minimum Gasteiger partial charge on any atom is -0.397 e. The van der Waals surface area contributed by atoms with E-state index in [4.69, 9.17) is 15.2 Å². The third-order valence-electron chi connectivity index (χ3n) is 10.1. The molecule has 52 heavy (non-hydrogen) atoms. The van der Waals surface area contributed by atoms with Crippen LogP contribution in [0.25, 0.3) is 11.1 Å². The smallest absolute Gasteiger partial charge is 0.224 e. The van der Waals surface area contributed by atoms with Gasteiger partial charge in [-0.1, -0.05) is 104 Å². The lowest BCUT2D eigenvalue weighted by atomic mass is 9.97. The molecule has 0 unspecified atom stereocenters. The maximum atomic E-state index is 12.7. The van der Waals surface area contributed by atoms with Crippen molar-refractivity contribution in [3.8, 4) is 11.1 Å². The van der Waals surface area contributed by atoms with Gasteiger partial charge in [0.1, 0.15) is 0 Å². The Morgan fingerprint density at radius 1 is 0.769 bits per heavy atom. The van der Waals surface area contributed by atoms with E-state index >= 15 is 0 Å². The zero-order chi connectivity index (χ0) is 36.1. The van der Waals surface area contributed by atoms with Crippen LogP contribution in [0.15, 0.2) is 97.1 Å². The number of carbonyl (C=O) groups is 2. The summed E-state index contributed by atoms with van der Waals surface area (Å²) in [7, 11) is 0. The number of rotatable bonds is 13. The summed E-state index contributed by atoms with van der Waals surface area (Å²) in [5, 5.41) is 15.4. The number of amides is 2. The topological polar surface area (TPSA) is 126 Å². The number of hydrogen-bond acceptors (Lipinski definition) is 7. The number of nitrogens with one attached hydrogen (secondary N) is 2. The number of nitrogen functional groups attached to an aromatic ring is 1. The van der Waals surface area contributed by atoms with Crippen LogP contribution in [-0.2, 0) is 32.2 Å². The van der Waals surface area contributed by atoms with Crippen LogP contribution in [0.4, 0.5) is 11.4 Å². The van der Waals surface area contributed by atoms with E-state index in [2.05, 4.69) is 58.0 Å². The minimum atomic E-state index is -0.508. The molecular formula is C43H52N4O5. The van der Waals surface area contributed by atoms with Crippen LogP contribution in [0.3, 0.4) is 0 Å². The highest BCUT2D eigenvalue weighted by Crippen LogP contribution is 2.39. The number of para-hydroxylation sites is 2. The molecule has 0 aliphatic carbocycles. The molecule has 2 fully saturated rings. The fraction of sp³-hybridized carbons (Fsp3) is 0.395. The summed E-state index contributed by atoms with van der Waals surface area (Å²) in [6.45, 7) is 3.50. The maximum absolute atomic E-state index is 12.7. The van der Waals surface area contributed by atoms with Crippen molar-refractivity contribution in [1.82, 2.24) is 10.2 Å². The predicted molar refractivity (Wildman–Crippen MR) is 205 cm³/mol. The highest BCUT2D eigenvalue weighted by Gasteiger charge is 2.33. The molecular weight excluding hydrogens is 652 g/mol. The second-order valence-corrected chi connectivity index (χ2v) is 14.0. The molecule has 4 aromatic carbocycles. The molecule has 3 atom stereocenters. The van der Waals surface area contributed by atoms with Crippen molar-refractivity contribution < 1.29 is 24.2 Å². The summed E-state index contributed by atoms with van der Waals surface area (Å²) in [6.07, 6.45) is 7.48. The second kappa shape index (κ2) is 18.8. The maximum Gasteiger partial charge on any atom is 0.224 e. The molecule has 274 valence electrons. The first-order chi connectivity index (χ1) is 25.4. The Balaban J connectivity index is 1.07. The number of hydrogen-bond donors (Lipinski definition) is 4. The second-order valence-electron chi connectivity index (χ2n) is 14.0. The average Bonchev–Trinajstić information content (AvgIpc) is 3.16. The molecule has 0 bridgehead atoms. The Morgan fingerprint density at radius 3 is 2.19 bits per heavy atom. The molecule has 2 heterocycles. The van der Waals surface area contributed by atoms with Gasteiger partial charge in [0.15, 0.2) is 6.29 Å². The predicted octanol–water partition coefficient (Wildman–Crippen LogP) is 7.66. The minimum absolute atomic E-state index is 0.0170. The summed E-state index contributed by atoms with van der Waals surface area (Å²) in [6, 6.07) is 31.6. The van der Waals surface area contributed by atoms with Crippen molar-refractivity contribution in [2.45, 2.75) is 89.4 Å². The third-order valence-corrected chi connectivity index (χ3v) is 10.1. The first-order valence-electron chi connectivity index (χ1n) is 18.8. The molecule has 6 rings (SSSR count). The molecule has 0 radical (unpaired) electrons. The van der Waals surface area contributed by atoms with Gasteiger partial charge in [-0.05, 0) is 72.3 Å². The lowest BCUT2D eigenvalue weighted by molar-refractivity contribution is -0.253. The quantitative estimate of drug-likeness (QED) is 0.105. The van der Waals surface area contributed by atoms with Gasteiger partial charge in [-0.15, -0.1) is 0 Å². The Hall–Kier alpha value is -4.54. The number of anilines is 2. The van der Waals surface area contributed by atoms with Crippen molar-refractivity contribution in [2.24, 2.45) is 0 Å². The summed E-state index contributed by atoms with van der Waals surface area (Å²) < 4.78 is 13.3. The van der Waals surface area contributed by atoms with E-state index in [1.807, 2.05) is 42.5 Å². The monoisotopic (exact) mass is 704 g/mol. The molecule has 0 aromatic heterocycles. The molecule has 2 saturated heterocycles. The first kappa shape index (κ1) is 37.2. The van der Waals surface area contributed by atoms with Crippen molar-refractivity contribution in [3.63, 3.8) is 0 Å². The molecule has 0 spiro atoms. The van der Waals surface area contributed by atoms with Crippen molar-refractivity contribution in [1.29, 1.82) is 0 Å². The summed E-state index contributed by atoms with van der Waals surface area (Å²) in [4.78, 5) is 27.6. The van der Waals surface area contributed by atoms with Gasteiger partial charge in [0.2, 0.25) is 11.8 Å². The van der Waals surface area contributed by atoms with Gasteiger partial charge in [-0.3, -0.25) is 9.59 Å². The summed E-state index contributed by atoms with van der Waals surface area (Å²) >= 11 is 0. The SMILES string of the molecule is Nc1ccccc1NC(=O)CCCC(=O)NCc1ccccc1-c1ccc([C@H]2O[C@@H](CN3CCCCCCC3)C[C@@H](c3ccc(CO)cc3)O2)cc1. The lowest BCUT2D eigenvalue weighted by Crippen LogP contribution is -2.40. The number of benzene rings is 4. The molecule has 2 aliphatic rings. The van der Waals surface area contributed by atoms with Crippen LogP contribution in [-0.4, -0.2) is 47.6 Å². The highest BCUT2D eigenvalue weighted by molar-refractivity contribution is 5.94. The molecule has 9 nitrogen and oxygen atoms in total. The lowest BCUT2D eigenvalue weighted by Gasteiger charge is -2.39. The van der Waals surface area contributed by atoms with Gasteiger partial charge in [0.05, 0.1) is 30.2 Å². The summed E-state index contributed by atoms with van der Waals surface area (Å²) in [5.41, 5.74) is 13.0.